The number of hydroxylamine groups is 2. The summed E-state index contributed by atoms with van der Waals surface area (Å²) in [5, 5.41) is 19.5. The van der Waals surface area contributed by atoms with Crippen molar-refractivity contribution in [1.29, 1.82) is 0 Å². The van der Waals surface area contributed by atoms with E-state index in [1.54, 1.807) is 18.2 Å². The number of carbonyl (C=O) groups excluding carboxylic acids is 1. The molecule has 158 valence electrons. The van der Waals surface area contributed by atoms with Gasteiger partial charge in [-0.3, -0.25) is 5.21 Å². The van der Waals surface area contributed by atoms with E-state index in [9.17, 15) is 18.4 Å². The first-order chi connectivity index (χ1) is 14.1. The molecule has 0 saturated carbocycles. The minimum absolute atomic E-state index is 0.0841. The van der Waals surface area contributed by atoms with Crippen molar-refractivity contribution >= 4 is 27.7 Å². The van der Waals surface area contributed by atoms with Crippen LogP contribution in [0.4, 0.5) is 4.79 Å². The molecule has 2 amide bonds. The quantitative estimate of drug-likeness (QED) is 0.382. The minimum atomic E-state index is -3.88. The molecule has 1 heterocycles. The maximum Gasteiger partial charge on any atom is 0.338 e. The Morgan fingerprint density at radius 1 is 1.23 bits per heavy atom. The van der Waals surface area contributed by atoms with Gasteiger partial charge in [0.25, 0.3) is 0 Å². The number of carbonyl (C=O) groups is 1. The highest BCUT2D eigenvalue weighted by molar-refractivity contribution is 7.89. The first-order valence-corrected chi connectivity index (χ1v) is 10.3. The third-order valence-electron chi connectivity index (χ3n) is 4.21. The molecule has 3 aromatic rings. The Bertz CT molecular complexity index is 1190. The predicted octanol–water partition coefficient (Wildman–Crippen LogP) is 2.59. The van der Waals surface area contributed by atoms with Gasteiger partial charge in [-0.05, 0) is 35.9 Å². The van der Waals surface area contributed by atoms with Gasteiger partial charge in [0.1, 0.15) is 18.0 Å². The monoisotopic (exact) mass is 452 g/mol. The van der Waals surface area contributed by atoms with Crippen molar-refractivity contribution in [3.8, 4) is 28.1 Å². The van der Waals surface area contributed by atoms with E-state index in [0.717, 1.165) is 0 Å². The summed E-state index contributed by atoms with van der Waals surface area (Å²) in [5.74, 6) is 0.569. The van der Waals surface area contributed by atoms with Gasteiger partial charge in [-0.2, -0.15) is 5.06 Å². The van der Waals surface area contributed by atoms with Gasteiger partial charge in [0, 0.05) is 5.56 Å². The number of primary amides is 1. The summed E-state index contributed by atoms with van der Waals surface area (Å²) >= 11 is 6.21. The Morgan fingerprint density at radius 3 is 2.40 bits per heavy atom. The summed E-state index contributed by atoms with van der Waals surface area (Å²) in [6, 6.07) is 9.48. The van der Waals surface area contributed by atoms with E-state index >= 15 is 0 Å². The number of hydrogen-bond donors (Lipinski definition) is 3. The number of ether oxygens (including phenoxy) is 1. The van der Waals surface area contributed by atoms with Crippen molar-refractivity contribution in [3.63, 3.8) is 0 Å². The molecule has 1 aromatic heterocycles. The number of benzene rings is 2. The fourth-order valence-corrected chi connectivity index (χ4v) is 3.54. The highest BCUT2D eigenvalue weighted by Gasteiger charge is 2.23. The molecule has 0 radical (unpaired) electrons. The molecule has 3 rings (SSSR count). The summed E-state index contributed by atoms with van der Waals surface area (Å²) in [4.78, 5) is 11.1. The van der Waals surface area contributed by atoms with E-state index in [1.807, 2.05) is 0 Å². The molecule has 0 aliphatic carbocycles. The van der Waals surface area contributed by atoms with Crippen LogP contribution >= 0.6 is 11.6 Å². The molecule has 2 aromatic carbocycles. The first kappa shape index (κ1) is 21.6. The average Bonchev–Trinajstić information content (AvgIpc) is 3.10. The number of rotatable bonds is 6. The molecule has 0 fully saturated rings. The Hall–Kier alpha value is -3.12. The van der Waals surface area contributed by atoms with Gasteiger partial charge in [0.05, 0.1) is 22.6 Å². The fourth-order valence-electron chi connectivity index (χ4n) is 2.77. The lowest BCUT2D eigenvalue weighted by atomic mass is 9.99. The number of nitrogens with two attached hydrogens (primary N) is 2. The van der Waals surface area contributed by atoms with Crippen molar-refractivity contribution < 1.29 is 27.7 Å². The number of hydrogen-bond acceptors (Lipinski definition) is 7. The third kappa shape index (κ3) is 4.39. The Labute approximate surface area is 176 Å². The zero-order valence-corrected chi connectivity index (χ0v) is 17.1. The fraction of sp³-hybridized carbons (Fsp3) is 0.111. The Balaban J connectivity index is 2.15. The number of aromatic nitrogens is 1. The molecule has 0 aliphatic rings. The predicted molar refractivity (Wildman–Crippen MR) is 107 cm³/mol. The van der Waals surface area contributed by atoms with Crippen molar-refractivity contribution in [2.45, 2.75) is 11.4 Å². The third-order valence-corrected chi connectivity index (χ3v) is 5.43. The van der Waals surface area contributed by atoms with Crippen molar-refractivity contribution in [2.75, 3.05) is 7.11 Å². The van der Waals surface area contributed by atoms with Crippen LogP contribution in [0.15, 0.2) is 51.9 Å². The van der Waals surface area contributed by atoms with Gasteiger partial charge >= 0.3 is 6.03 Å². The Morgan fingerprint density at radius 2 is 1.87 bits per heavy atom. The molecular weight excluding hydrogens is 436 g/mol. The van der Waals surface area contributed by atoms with Gasteiger partial charge in [-0.15, -0.1) is 0 Å². The number of urea groups is 1. The molecule has 5 N–H and O–H groups in total. The van der Waals surface area contributed by atoms with Crippen LogP contribution in [0.25, 0.3) is 22.4 Å². The zero-order valence-electron chi connectivity index (χ0n) is 15.6. The molecule has 0 spiro atoms. The summed E-state index contributed by atoms with van der Waals surface area (Å²) < 4.78 is 33.6. The second-order valence-electron chi connectivity index (χ2n) is 6.14. The first-order valence-electron chi connectivity index (χ1n) is 8.33. The molecule has 30 heavy (non-hydrogen) atoms. The molecule has 12 heteroatoms. The largest absolute Gasteiger partial charge is 0.495 e. The second-order valence-corrected chi connectivity index (χ2v) is 8.11. The maximum atomic E-state index is 11.5. The summed E-state index contributed by atoms with van der Waals surface area (Å²) in [5.41, 5.74) is 6.88. The smallest absolute Gasteiger partial charge is 0.338 e. The zero-order chi connectivity index (χ0) is 22.1. The molecule has 0 aliphatic heterocycles. The lowest BCUT2D eigenvalue weighted by Crippen LogP contribution is -2.32. The molecule has 0 saturated heterocycles. The number of sulfonamides is 1. The van der Waals surface area contributed by atoms with Crippen molar-refractivity contribution in [1.82, 2.24) is 10.2 Å². The SMILES string of the molecule is COc1ccc(-c2noc(CN(O)C(N)=O)c2-c2ccc(S(N)(=O)=O)cc2)cc1Cl. The van der Waals surface area contributed by atoms with Crippen LogP contribution in [0.3, 0.4) is 0 Å². The molecule has 0 unspecified atom stereocenters. The number of halogens is 1. The second kappa shape index (κ2) is 8.32. The standard InChI is InChI=1S/C18H17ClN4O6S/c1-28-14-7-4-11(8-13(14)19)17-16(15(29-22-17)9-23(25)18(20)24)10-2-5-12(6-3-10)30(21,26)27/h2-8,25H,9H2,1H3,(H2,20,24)(H2,21,26,27). The van der Waals surface area contributed by atoms with E-state index in [1.165, 1.54) is 31.4 Å². The van der Waals surface area contributed by atoms with Crippen molar-refractivity contribution in [3.05, 3.63) is 53.2 Å². The molecule has 0 atom stereocenters. The van der Waals surface area contributed by atoms with Crippen LogP contribution in [-0.4, -0.2) is 37.0 Å². The van der Waals surface area contributed by atoms with E-state index in [-0.39, 0.29) is 15.7 Å². The molecule has 0 bridgehead atoms. The van der Waals surface area contributed by atoms with Crippen LogP contribution in [0.1, 0.15) is 5.76 Å². The van der Waals surface area contributed by atoms with Gasteiger partial charge < -0.3 is 15.0 Å². The van der Waals surface area contributed by atoms with Crippen LogP contribution in [0, 0.1) is 0 Å². The number of methoxy groups -OCH3 is 1. The Kier molecular flexibility index (Phi) is 5.99. The highest BCUT2D eigenvalue weighted by Crippen LogP contribution is 2.38. The van der Waals surface area contributed by atoms with E-state index in [4.69, 9.17) is 31.7 Å². The molecular formula is C18H17ClN4O6S. The average molecular weight is 453 g/mol. The van der Waals surface area contributed by atoms with Gasteiger partial charge in [0.2, 0.25) is 10.0 Å². The molecule has 10 nitrogen and oxygen atoms in total. The van der Waals surface area contributed by atoms with Crippen LogP contribution in [0.2, 0.25) is 5.02 Å². The minimum Gasteiger partial charge on any atom is -0.495 e. The van der Waals surface area contributed by atoms with Gasteiger partial charge in [-0.1, -0.05) is 28.9 Å². The van der Waals surface area contributed by atoms with Crippen LogP contribution in [-0.2, 0) is 16.6 Å². The summed E-state index contributed by atoms with van der Waals surface area (Å²) in [6.45, 7) is -0.390. The lowest BCUT2D eigenvalue weighted by Gasteiger charge is -2.11. The van der Waals surface area contributed by atoms with Gasteiger partial charge in [0.15, 0.2) is 5.76 Å². The van der Waals surface area contributed by atoms with Crippen LogP contribution < -0.4 is 15.6 Å². The number of amides is 2. The summed E-state index contributed by atoms with van der Waals surface area (Å²) in [6.07, 6.45) is 0. The van der Waals surface area contributed by atoms with E-state index < -0.39 is 22.6 Å². The van der Waals surface area contributed by atoms with Gasteiger partial charge in [-0.25, -0.2) is 18.4 Å². The number of nitrogens with zero attached hydrogens (tertiary/aromatic N) is 2. The maximum absolute atomic E-state index is 11.5. The van der Waals surface area contributed by atoms with Crippen molar-refractivity contribution in [2.24, 2.45) is 10.9 Å². The van der Waals surface area contributed by atoms with Crippen LogP contribution in [0.5, 0.6) is 5.75 Å². The van der Waals surface area contributed by atoms with E-state index in [0.29, 0.717) is 33.2 Å². The lowest BCUT2D eigenvalue weighted by molar-refractivity contribution is -0.0521. The number of primary sulfonamides is 1. The highest BCUT2D eigenvalue weighted by atomic mass is 35.5. The van der Waals surface area contributed by atoms with E-state index in [2.05, 4.69) is 5.16 Å². The topological polar surface area (TPSA) is 162 Å². The summed E-state index contributed by atoms with van der Waals surface area (Å²) in [7, 11) is -2.40. The normalized spacial score (nSPS) is 11.3.